The van der Waals surface area contributed by atoms with Crippen molar-refractivity contribution < 1.29 is 48.0 Å². The summed E-state index contributed by atoms with van der Waals surface area (Å²) in [7, 11) is -13.3. The van der Waals surface area contributed by atoms with E-state index in [1.807, 2.05) is 5.32 Å². The van der Waals surface area contributed by atoms with E-state index in [9.17, 15) is 48.0 Å². The van der Waals surface area contributed by atoms with Crippen LogP contribution in [-0.4, -0.2) is 44.9 Å². The van der Waals surface area contributed by atoms with E-state index < -0.39 is 60.1 Å². The zero-order chi connectivity index (χ0) is 19.6. The maximum absolute atomic E-state index is 12.5. The van der Waals surface area contributed by atoms with Crippen molar-refractivity contribution in [3.05, 3.63) is 0 Å². The van der Waals surface area contributed by atoms with E-state index in [-0.39, 0.29) is 0 Å². The minimum absolute atomic E-state index is 0.303. The molecule has 1 atom stereocenters. The minimum atomic E-state index is -6.66. The molecule has 0 fully saturated rings. The van der Waals surface area contributed by atoms with Gasteiger partial charge in [0, 0.05) is 12.5 Å². The van der Waals surface area contributed by atoms with Crippen molar-refractivity contribution in [1.82, 2.24) is 5.32 Å². The number of amides is 1. The number of hydrogen-bond donors (Lipinski definition) is 1. The van der Waals surface area contributed by atoms with Gasteiger partial charge in [0.05, 0.1) is 0 Å². The van der Waals surface area contributed by atoms with Crippen LogP contribution in [0.5, 0.6) is 0 Å². The third-order valence-electron chi connectivity index (χ3n) is 3.08. The molecule has 6 nitrogen and oxygen atoms in total. The topological polar surface area (TPSA) is 97.4 Å². The van der Waals surface area contributed by atoms with Crippen LogP contribution in [0.3, 0.4) is 0 Å². The van der Waals surface area contributed by atoms with Crippen LogP contribution in [0.4, 0.5) is 26.3 Å². The maximum atomic E-state index is 12.5. The minimum Gasteiger partial charge on any atom is -0.356 e. The van der Waals surface area contributed by atoms with Crippen LogP contribution in [0.25, 0.3) is 0 Å². The number of sulfone groups is 2. The van der Waals surface area contributed by atoms with Crippen LogP contribution in [0.2, 0.25) is 0 Å². The lowest BCUT2D eigenvalue weighted by atomic mass is 10.1. The predicted molar refractivity (Wildman–Crippen MR) is 70.8 cm³/mol. The predicted octanol–water partition coefficient (Wildman–Crippen LogP) is 1.73. The highest BCUT2D eigenvalue weighted by atomic mass is 32.3. The molecule has 0 aliphatic carbocycles. The highest BCUT2D eigenvalue weighted by Gasteiger charge is 2.62. The molecule has 0 rings (SSSR count). The Morgan fingerprint density at radius 2 is 1.33 bits per heavy atom. The largest absolute Gasteiger partial charge is 0.498 e. The van der Waals surface area contributed by atoms with Gasteiger partial charge in [-0.2, -0.15) is 26.3 Å². The fourth-order valence-electron chi connectivity index (χ4n) is 1.45. The third kappa shape index (κ3) is 4.97. The van der Waals surface area contributed by atoms with Crippen molar-refractivity contribution in [2.24, 2.45) is 5.92 Å². The number of carbonyl (C=O) groups is 1. The number of hydrogen-bond acceptors (Lipinski definition) is 5. The Morgan fingerprint density at radius 1 is 0.958 bits per heavy atom. The normalized spacial score (nSPS) is 15.4. The molecule has 0 aromatic rings. The molecule has 0 aromatic carbocycles. The first kappa shape index (κ1) is 22.9. The van der Waals surface area contributed by atoms with E-state index in [0.717, 1.165) is 0 Å². The van der Waals surface area contributed by atoms with Crippen LogP contribution >= 0.6 is 0 Å². The van der Waals surface area contributed by atoms with Gasteiger partial charge in [0.2, 0.25) is 5.91 Å². The quantitative estimate of drug-likeness (QED) is 0.649. The summed E-state index contributed by atoms with van der Waals surface area (Å²) in [5.74, 6) is -1.40. The molecular weight excluding hydrogens is 392 g/mol. The molecule has 0 aliphatic heterocycles. The lowest BCUT2D eigenvalue weighted by molar-refractivity contribution is -0.124. The van der Waals surface area contributed by atoms with Gasteiger partial charge >= 0.3 is 11.0 Å². The lowest BCUT2D eigenvalue weighted by Crippen LogP contribution is -2.46. The molecule has 14 heteroatoms. The number of carbonyl (C=O) groups excluding carboxylic acids is 1. The first-order valence-electron chi connectivity index (χ1n) is 6.38. The highest BCUT2D eigenvalue weighted by Crippen LogP contribution is 2.37. The van der Waals surface area contributed by atoms with Crippen LogP contribution in [-0.2, 0) is 24.5 Å². The molecular formula is C10H15F6NO5S2. The second kappa shape index (κ2) is 7.45. The second-order valence-corrected chi connectivity index (χ2v) is 9.34. The van der Waals surface area contributed by atoms with Crippen LogP contribution in [0.1, 0.15) is 26.7 Å². The Morgan fingerprint density at radius 3 is 1.62 bits per heavy atom. The van der Waals surface area contributed by atoms with Gasteiger partial charge in [-0.25, -0.2) is 16.8 Å². The van der Waals surface area contributed by atoms with E-state index in [2.05, 4.69) is 0 Å². The molecule has 1 N–H and O–H groups in total. The Balaban J connectivity index is 5.61. The Labute approximate surface area is 134 Å². The number of alkyl halides is 6. The van der Waals surface area contributed by atoms with E-state index in [4.69, 9.17) is 0 Å². The zero-order valence-corrected chi connectivity index (χ0v) is 14.0. The molecule has 0 spiro atoms. The summed E-state index contributed by atoms with van der Waals surface area (Å²) in [6.07, 6.45) is -1.29. The molecule has 24 heavy (non-hydrogen) atoms. The summed E-state index contributed by atoms with van der Waals surface area (Å²) in [4.78, 5) is 11.4. The van der Waals surface area contributed by atoms with Gasteiger partial charge in [-0.15, -0.1) is 0 Å². The summed E-state index contributed by atoms with van der Waals surface area (Å²) >= 11 is 0. The van der Waals surface area contributed by atoms with Crippen LogP contribution in [0.15, 0.2) is 0 Å². The van der Waals surface area contributed by atoms with Gasteiger partial charge in [-0.3, -0.25) is 4.79 Å². The average Bonchev–Trinajstić information content (AvgIpc) is 2.39. The summed E-state index contributed by atoms with van der Waals surface area (Å²) in [5.41, 5.74) is -12.4. The number of nitrogens with one attached hydrogen (secondary N) is 1. The fraction of sp³-hybridized carbons (Fsp3) is 0.900. The Hall–Kier alpha value is -1.05. The van der Waals surface area contributed by atoms with E-state index >= 15 is 0 Å². The van der Waals surface area contributed by atoms with Crippen molar-refractivity contribution in [3.8, 4) is 0 Å². The SMILES string of the molecule is CCC(C)C(=O)NCCC(S(=O)(=O)C(F)(F)F)S(=O)(=O)C(F)(F)F. The van der Waals surface area contributed by atoms with E-state index in [1.54, 1.807) is 6.92 Å². The fourth-order valence-corrected chi connectivity index (χ4v) is 4.89. The van der Waals surface area contributed by atoms with Crippen molar-refractivity contribution in [2.75, 3.05) is 6.54 Å². The van der Waals surface area contributed by atoms with Crippen LogP contribution < -0.4 is 5.32 Å². The smallest absolute Gasteiger partial charge is 0.356 e. The standard InChI is InChI=1S/C10H15F6NO5S2/c1-3-6(2)8(18)17-5-4-7(23(19,20)9(11,12)13)24(21,22)10(14,15)16/h6-7H,3-5H2,1-2H3,(H,17,18). The first-order valence-corrected chi connectivity index (χ1v) is 9.47. The zero-order valence-electron chi connectivity index (χ0n) is 12.4. The lowest BCUT2D eigenvalue weighted by Gasteiger charge is -2.21. The average molecular weight is 407 g/mol. The van der Waals surface area contributed by atoms with Gasteiger partial charge in [-0.1, -0.05) is 13.8 Å². The highest BCUT2D eigenvalue weighted by molar-refractivity contribution is 8.09. The molecule has 0 heterocycles. The van der Waals surface area contributed by atoms with Crippen LogP contribution in [0, 0.1) is 5.92 Å². The second-order valence-electron chi connectivity index (χ2n) is 4.80. The molecule has 0 saturated heterocycles. The van der Waals surface area contributed by atoms with Gasteiger partial charge < -0.3 is 5.32 Å². The Bertz CT molecular complexity index is 608. The Kier molecular flexibility index (Phi) is 7.13. The summed E-state index contributed by atoms with van der Waals surface area (Å²) < 4.78 is 116. The summed E-state index contributed by atoms with van der Waals surface area (Å²) in [6.45, 7) is 2.00. The number of halogens is 6. The molecule has 0 aromatic heterocycles. The molecule has 144 valence electrons. The monoisotopic (exact) mass is 407 g/mol. The van der Waals surface area contributed by atoms with E-state index in [0.29, 0.717) is 6.42 Å². The summed E-state index contributed by atoms with van der Waals surface area (Å²) in [5, 5.41) is 1.91. The summed E-state index contributed by atoms with van der Waals surface area (Å²) in [6, 6.07) is 0. The molecule has 1 unspecified atom stereocenters. The van der Waals surface area contributed by atoms with Crippen molar-refractivity contribution in [3.63, 3.8) is 0 Å². The van der Waals surface area contributed by atoms with Gasteiger partial charge in [0.1, 0.15) is 0 Å². The van der Waals surface area contributed by atoms with Gasteiger partial charge in [0.25, 0.3) is 19.7 Å². The van der Waals surface area contributed by atoms with Crippen molar-refractivity contribution in [2.45, 2.75) is 42.3 Å². The molecule has 0 radical (unpaired) electrons. The maximum Gasteiger partial charge on any atom is 0.498 e. The molecule has 0 aliphatic rings. The molecule has 1 amide bonds. The van der Waals surface area contributed by atoms with Gasteiger partial charge in [-0.05, 0) is 12.8 Å². The molecule has 0 bridgehead atoms. The van der Waals surface area contributed by atoms with Gasteiger partial charge in [0.15, 0.2) is 4.58 Å². The third-order valence-corrected chi connectivity index (χ3v) is 7.74. The molecule has 0 saturated carbocycles. The van der Waals surface area contributed by atoms with E-state index in [1.165, 1.54) is 6.92 Å². The first-order chi connectivity index (χ1) is 10.5. The van der Waals surface area contributed by atoms with Crippen molar-refractivity contribution in [1.29, 1.82) is 0 Å². The number of rotatable bonds is 7. The van der Waals surface area contributed by atoms with Crippen molar-refractivity contribution >= 4 is 25.6 Å².